The zero-order valence-corrected chi connectivity index (χ0v) is 15.0. The highest BCUT2D eigenvalue weighted by molar-refractivity contribution is 7.91. The molecule has 1 atom stereocenters. The SMILES string of the molecule is CCNC(=NCC(C)(C)c1ccccc1)NC1CCS(=O)(=O)C1. The van der Waals surface area contributed by atoms with Crippen LogP contribution in [0.2, 0.25) is 0 Å². The molecule has 1 fully saturated rings. The van der Waals surface area contributed by atoms with Gasteiger partial charge in [-0.25, -0.2) is 8.42 Å². The van der Waals surface area contributed by atoms with Gasteiger partial charge < -0.3 is 10.6 Å². The Morgan fingerprint density at radius 3 is 2.57 bits per heavy atom. The van der Waals surface area contributed by atoms with Gasteiger partial charge in [0.2, 0.25) is 0 Å². The van der Waals surface area contributed by atoms with Crippen molar-refractivity contribution in [2.45, 2.75) is 38.6 Å². The highest BCUT2D eigenvalue weighted by atomic mass is 32.2. The van der Waals surface area contributed by atoms with Crippen molar-refractivity contribution in [2.24, 2.45) is 4.99 Å². The summed E-state index contributed by atoms with van der Waals surface area (Å²) in [6.45, 7) is 7.71. The van der Waals surface area contributed by atoms with Crippen LogP contribution in [0.5, 0.6) is 0 Å². The molecule has 0 spiro atoms. The predicted molar refractivity (Wildman–Crippen MR) is 95.6 cm³/mol. The van der Waals surface area contributed by atoms with E-state index in [1.165, 1.54) is 5.56 Å². The van der Waals surface area contributed by atoms with Crippen molar-refractivity contribution >= 4 is 15.8 Å². The summed E-state index contributed by atoms with van der Waals surface area (Å²) in [4.78, 5) is 4.67. The lowest BCUT2D eigenvalue weighted by Gasteiger charge is -2.24. The molecule has 0 bridgehead atoms. The van der Waals surface area contributed by atoms with Gasteiger partial charge in [0, 0.05) is 18.0 Å². The van der Waals surface area contributed by atoms with E-state index in [2.05, 4.69) is 41.6 Å². The number of guanidine groups is 1. The van der Waals surface area contributed by atoms with Crippen molar-refractivity contribution in [1.82, 2.24) is 10.6 Å². The monoisotopic (exact) mass is 337 g/mol. The van der Waals surface area contributed by atoms with Crippen LogP contribution < -0.4 is 10.6 Å². The van der Waals surface area contributed by atoms with Gasteiger partial charge in [0.05, 0.1) is 18.1 Å². The van der Waals surface area contributed by atoms with Crippen molar-refractivity contribution in [3.8, 4) is 0 Å². The Hall–Kier alpha value is -1.56. The van der Waals surface area contributed by atoms with E-state index >= 15 is 0 Å². The molecule has 1 aromatic carbocycles. The highest BCUT2D eigenvalue weighted by Crippen LogP contribution is 2.23. The molecule has 128 valence electrons. The number of hydrogen-bond acceptors (Lipinski definition) is 3. The van der Waals surface area contributed by atoms with Crippen LogP contribution in [-0.2, 0) is 15.3 Å². The van der Waals surface area contributed by atoms with Crippen LogP contribution in [0.3, 0.4) is 0 Å². The fraction of sp³-hybridized carbons (Fsp3) is 0.588. The molecule has 0 radical (unpaired) electrons. The molecule has 1 aliphatic rings. The Morgan fingerprint density at radius 1 is 1.30 bits per heavy atom. The number of aliphatic imine (C=N–C) groups is 1. The summed E-state index contributed by atoms with van der Waals surface area (Å²) in [6, 6.07) is 10.3. The van der Waals surface area contributed by atoms with E-state index in [-0.39, 0.29) is 23.0 Å². The Labute approximate surface area is 139 Å². The minimum absolute atomic E-state index is 0.0439. The molecule has 0 saturated carbocycles. The molecular weight excluding hydrogens is 310 g/mol. The number of hydrogen-bond donors (Lipinski definition) is 2. The second-order valence-corrected chi connectivity index (χ2v) is 8.92. The lowest BCUT2D eigenvalue weighted by Crippen LogP contribution is -2.44. The van der Waals surface area contributed by atoms with Gasteiger partial charge in [0.25, 0.3) is 0 Å². The minimum atomic E-state index is -2.89. The lowest BCUT2D eigenvalue weighted by atomic mass is 9.85. The standard InChI is InChI=1S/C17H27N3O2S/c1-4-18-16(20-15-10-11-23(21,22)12-15)19-13-17(2,3)14-8-6-5-7-9-14/h5-9,15H,4,10-13H2,1-3H3,(H2,18,19,20). The first-order chi connectivity index (χ1) is 10.8. The molecule has 1 heterocycles. The topological polar surface area (TPSA) is 70.6 Å². The third-order valence-corrected chi connectivity index (χ3v) is 5.87. The average molecular weight is 337 g/mol. The van der Waals surface area contributed by atoms with Gasteiger partial charge in [-0.1, -0.05) is 44.2 Å². The van der Waals surface area contributed by atoms with Crippen LogP contribution >= 0.6 is 0 Å². The average Bonchev–Trinajstić information content (AvgIpc) is 2.85. The summed E-state index contributed by atoms with van der Waals surface area (Å²) < 4.78 is 23.2. The van der Waals surface area contributed by atoms with Crippen LogP contribution in [0.1, 0.15) is 32.8 Å². The third-order valence-electron chi connectivity index (χ3n) is 4.11. The number of rotatable bonds is 5. The molecule has 1 saturated heterocycles. The minimum Gasteiger partial charge on any atom is -0.357 e. The molecule has 1 aromatic rings. The summed E-state index contributed by atoms with van der Waals surface area (Å²) in [6.07, 6.45) is 0.648. The molecule has 2 N–H and O–H groups in total. The van der Waals surface area contributed by atoms with E-state index in [9.17, 15) is 8.42 Å². The number of nitrogens with zero attached hydrogens (tertiary/aromatic N) is 1. The second kappa shape index (κ2) is 7.34. The lowest BCUT2D eigenvalue weighted by molar-refractivity contribution is 0.535. The Kier molecular flexibility index (Phi) is 5.68. The van der Waals surface area contributed by atoms with E-state index in [1.807, 2.05) is 25.1 Å². The summed E-state index contributed by atoms with van der Waals surface area (Å²) in [7, 11) is -2.89. The van der Waals surface area contributed by atoms with E-state index < -0.39 is 9.84 Å². The van der Waals surface area contributed by atoms with E-state index in [0.29, 0.717) is 18.9 Å². The van der Waals surface area contributed by atoms with E-state index in [4.69, 9.17) is 0 Å². The Bertz CT molecular complexity index is 639. The van der Waals surface area contributed by atoms with Crippen molar-refractivity contribution in [2.75, 3.05) is 24.6 Å². The fourth-order valence-corrected chi connectivity index (χ4v) is 4.35. The maximum absolute atomic E-state index is 11.6. The molecule has 23 heavy (non-hydrogen) atoms. The first-order valence-electron chi connectivity index (χ1n) is 8.13. The fourth-order valence-electron chi connectivity index (χ4n) is 2.68. The van der Waals surface area contributed by atoms with Crippen molar-refractivity contribution in [3.63, 3.8) is 0 Å². The van der Waals surface area contributed by atoms with Gasteiger partial charge >= 0.3 is 0 Å². The van der Waals surface area contributed by atoms with Crippen LogP contribution in [0, 0.1) is 0 Å². The van der Waals surface area contributed by atoms with Crippen molar-refractivity contribution in [3.05, 3.63) is 35.9 Å². The highest BCUT2D eigenvalue weighted by Gasteiger charge is 2.28. The first-order valence-corrected chi connectivity index (χ1v) is 9.95. The maximum Gasteiger partial charge on any atom is 0.191 e. The zero-order chi connectivity index (χ0) is 16.9. The molecular formula is C17H27N3O2S. The Balaban J connectivity index is 2.04. The van der Waals surface area contributed by atoms with Crippen LogP contribution in [0.4, 0.5) is 0 Å². The second-order valence-electron chi connectivity index (χ2n) is 6.69. The summed E-state index contributed by atoms with van der Waals surface area (Å²) in [5.41, 5.74) is 1.16. The van der Waals surface area contributed by atoms with Crippen molar-refractivity contribution in [1.29, 1.82) is 0 Å². The van der Waals surface area contributed by atoms with Gasteiger partial charge in [-0.15, -0.1) is 0 Å². The Morgan fingerprint density at radius 2 is 2.00 bits per heavy atom. The van der Waals surface area contributed by atoms with Gasteiger partial charge in [0.1, 0.15) is 0 Å². The smallest absolute Gasteiger partial charge is 0.191 e. The predicted octanol–water partition coefficient (Wildman–Crippen LogP) is 1.71. The van der Waals surface area contributed by atoms with Gasteiger partial charge in [0.15, 0.2) is 15.8 Å². The van der Waals surface area contributed by atoms with Gasteiger partial charge in [-0.05, 0) is 18.9 Å². The van der Waals surface area contributed by atoms with Gasteiger partial charge in [-0.3, -0.25) is 4.99 Å². The van der Waals surface area contributed by atoms with Crippen LogP contribution in [0.25, 0.3) is 0 Å². The maximum atomic E-state index is 11.6. The molecule has 1 unspecified atom stereocenters. The molecule has 1 aliphatic heterocycles. The third kappa shape index (κ3) is 5.23. The van der Waals surface area contributed by atoms with Crippen LogP contribution in [-0.4, -0.2) is 45.0 Å². The number of nitrogens with one attached hydrogen (secondary N) is 2. The largest absolute Gasteiger partial charge is 0.357 e. The molecule has 0 aliphatic carbocycles. The molecule has 6 heteroatoms. The van der Waals surface area contributed by atoms with Gasteiger partial charge in [-0.2, -0.15) is 0 Å². The first kappa shape index (κ1) is 17.8. The normalized spacial score (nSPS) is 21.2. The molecule has 0 aromatic heterocycles. The summed E-state index contributed by atoms with van der Waals surface area (Å²) >= 11 is 0. The summed E-state index contributed by atoms with van der Waals surface area (Å²) in [5, 5.41) is 6.46. The zero-order valence-electron chi connectivity index (χ0n) is 14.2. The van der Waals surface area contributed by atoms with Crippen molar-refractivity contribution < 1.29 is 8.42 Å². The molecule has 2 rings (SSSR count). The molecule has 5 nitrogen and oxygen atoms in total. The summed E-state index contributed by atoms with van der Waals surface area (Å²) in [5.74, 6) is 1.15. The van der Waals surface area contributed by atoms with E-state index in [1.54, 1.807) is 0 Å². The molecule has 0 amide bonds. The van der Waals surface area contributed by atoms with E-state index in [0.717, 1.165) is 6.54 Å². The quantitative estimate of drug-likeness (QED) is 0.634. The van der Waals surface area contributed by atoms with Crippen LogP contribution in [0.15, 0.2) is 35.3 Å². The number of benzene rings is 1. The number of sulfone groups is 1.